The van der Waals surface area contributed by atoms with Gasteiger partial charge in [-0.2, -0.15) is 0 Å². The van der Waals surface area contributed by atoms with Gasteiger partial charge in [-0.1, -0.05) is 53.8 Å². The third-order valence-corrected chi connectivity index (χ3v) is 3.95. The van der Waals surface area contributed by atoms with Crippen LogP contribution in [0.25, 0.3) is 6.08 Å². The zero-order chi connectivity index (χ0) is 13.1. The van der Waals surface area contributed by atoms with Gasteiger partial charge in [0.1, 0.15) is 4.32 Å². The fourth-order valence-electron chi connectivity index (χ4n) is 1.61. The quantitative estimate of drug-likeness (QED) is 0.680. The summed E-state index contributed by atoms with van der Waals surface area (Å²) in [4.78, 5) is 14.1. The van der Waals surface area contributed by atoms with Crippen LogP contribution in [0.1, 0.15) is 11.1 Å². The molecule has 1 amide bonds. The molecule has 0 aromatic heterocycles. The van der Waals surface area contributed by atoms with E-state index in [0.29, 0.717) is 9.23 Å². The molecule has 94 valence electrons. The van der Waals surface area contributed by atoms with Gasteiger partial charge in [-0.05, 0) is 18.6 Å². The van der Waals surface area contributed by atoms with Gasteiger partial charge in [0.15, 0.2) is 0 Å². The number of thiocarbonyl (C=S) groups is 1. The maximum atomic E-state index is 12.0. The van der Waals surface area contributed by atoms with Crippen molar-refractivity contribution in [2.75, 3.05) is 13.2 Å². The molecule has 0 radical (unpaired) electrons. The Balaban J connectivity index is 2.22. The Morgan fingerprint density at radius 2 is 2.06 bits per heavy atom. The summed E-state index contributed by atoms with van der Waals surface area (Å²) < 4.78 is 0.507. The number of aliphatic hydroxyl groups excluding tert-OH is 1. The van der Waals surface area contributed by atoms with Gasteiger partial charge >= 0.3 is 0 Å². The molecule has 1 heterocycles. The van der Waals surface area contributed by atoms with Crippen molar-refractivity contribution in [2.45, 2.75) is 6.92 Å². The molecule has 1 saturated heterocycles. The highest BCUT2D eigenvalue weighted by Crippen LogP contribution is 2.32. The zero-order valence-corrected chi connectivity index (χ0v) is 11.6. The minimum Gasteiger partial charge on any atom is -0.395 e. The Morgan fingerprint density at radius 1 is 1.39 bits per heavy atom. The molecule has 0 saturated carbocycles. The molecule has 5 heteroatoms. The number of thioether (sulfide) groups is 1. The third-order valence-electron chi connectivity index (χ3n) is 2.57. The highest BCUT2D eigenvalue weighted by Gasteiger charge is 2.31. The van der Waals surface area contributed by atoms with Crippen LogP contribution in [0.15, 0.2) is 29.2 Å². The lowest BCUT2D eigenvalue weighted by molar-refractivity contribution is -0.122. The van der Waals surface area contributed by atoms with Crippen molar-refractivity contribution in [3.05, 3.63) is 40.3 Å². The van der Waals surface area contributed by atoms with Crippen LogP contribution >= 0.6 is 24.0 Å². The maximum absolute atomic E-state index is 12.0. The van der Waals surface area contributed by atoms with Crippen LogP contribution in [0.5, 0.6) is 0 Å². The average molecular weight is 279 g/mol. The first kappa shape index (κ1) is 13.3. The van der Waals surface area contributed by atoms with Gasteiger partial charge < -0.3 is 5.11 Å². The lowest BCUT2D eigenvalue weighted by atomic mass is 10.1. The van der Waals surface area contributed by atoms with Gasteiger partial charge in [0.05, 0.1) is 18.1 Å². The molecule has 0 bridgehead atoms. The number of carbonyl (C=O) groups is 1. The van der Waals surface area contributed by atoms with Crippen molar-refractivity contribution < 1.29 is 9.90 Å². The smallest absolute Gasteiger partial charge is 0.266 e. The molecule has 18 heavy (non-hydrogen) atoms. The van der Waals surface area contributed by atoms with Gasteiger partial charge in [-0.25, -0.2) is 0 Å². The maximum Gasteiger partial charge on any atom is 0.266 e. The predicted molar refractivity (Wildman–Crippen MR) is 78.1 cm³/mol. The molecular formula is C13H13NO2S2. The molecule has 0 aliphatic carbocycles. The molecule has 1 aromatic rings. The number of β-amino-alcohol motifs (C(OH)–C–C–N with tert-alkyl or cyclic N) is 1. The van der Waals surface area contributed by atoms with Crippen LogP contribution in [0.3, 0.4) is 0 Å². The fraction of sp³-hybridized carbons (Fsp3) is 0.231. The second kappa shape index (κ2) is 5.65. The number of aryl methyl sites for hydroxylation is 1. The van der Waals surface area contributed by atoms with Crippen LogP contribution in [0.2, 0.25) is 0 Å². The number of hydrogen-bond acceptors (Lipinski definition) is 4. The first-order chi connectivity index (χ1) is 8.61. The summed E-state index contributed by atoms with van der Waals surface area (Å²) in [6.07, 6.45) is 1.83. The molecule has 1 aromatic carbocycles. The molecule has 1 fully saturated rings. The second-order valence-electron chi connectivity index (χ2n) is 3.97. The minimum absolute atomic E-state index is 0.0791. The van der Waals surface area contributed by atoms with Crippen molar-refractivity contribution in [1.82, 2.24) is 4.90 Å². The largest absolute Gasteiger partial charge is 0.395 e. The Morgan fingerprint density at radius 3 is 2.67 bits per heavy atom. The molecule has 0 unspecified atom stereocenters. The van der Waals surface area contributed by atoms with Crippen molar-refractivity contribution in [1.29, 1.82) is 0 Å². The summed E-state index contributed by atoms with van der Waals surface area (Å²) in [6, 6.07) is 7.93. The van der Waals surface area contributed by atoms with Crippen LogP contribution in [0, 0.1) is 6.92 Å². The summed E-state index contributed by atoms with van der Waals surface area (Å²) >= 11 is 6.39. The average Bonchev–Trinajstić information content (AvgIpc) is 2.60. The number of carbonyl (C=O) groups excluding carboxylic acids is 1. The van der Waals surface area contributed by atoms with Crippen molar-refractivity contribution >= 4 is 40.3 Å². The van der Waals surface area contributed by atoms with Gasteiger partial charge in [0.25, 0.3) is 5.91 Å². The van der Waals surface area contributed by atoms with Gasteiger partial charge in [-0.3, -0.25) is 9.69 Å². The standard InChI is InChI=1S/C13H13NO2S2/c1-9-2-4-10(5-3-9)8-11-12(16)14(6-7-15)13(17)18-11/h2-5,8,15H,6-7H2,1H3/b11-8-. The van der Waals surface area contributed by atoms with E-state index in [0.717, 1.165) is 5.56 Å². The Bertz CT molecular complexity index is 508. The second-order valence-corrected chi connectivity index (χ2v) is 5.64. The molecular weight excluding hydrogens is 266 g/mol. The Kier molecular flexibility index (Phi) is 4.16. The van der Waals surface area contributed by atoms with Crippen LogP contribution in [0.4, 0.5) is 0 Å². The van der Waals surface area contributed by atoms with Gasteiger partial charge in [-0.15, -0.1) is 0 Å². The van der Waals surface area contributed by atoms with E-state index in [-0.39, 0.29) is 19.1 Å². The van der Waals surface area contributed by atoms with Crippen molar-refractivity contribution in [3.8, 4) is 0 Å². The van der Waals surface area contributed by atoms with Gasteiger partial charge in [0, 0.05) is 0 Å². The van der Waals surface area contributed by atoms with E-state index in [4.69, 9.17) is 17.3 Å². The fourth-order valence-corrected chi connectivity index (χ4v) is 2.92. The number of aliphatic hydroxyl groups is 1. The molecule has 1 N–H and O–H groups in total. The normalized spacial score (nSPS) is 17.9. The number of amides is 1. The number of nitrogens with zero attached hydrogens (tertiary/aromatic N) is 1. The summed E-state index contributed by atoms with van der Waals surface area (Å²) in [6.45, 7) is 2.20. The SMILES string of the molecule is Cc1ccc(/C=C2\SC(=S)N(CCO)C2=O)cc1. The highest BCUT2D eigenvalue weighted by molar-refractivity contribution is 8.26. The van der Waals surface area contributed by atoms with Crippen LogP contribution in [-0.2, 0) is 4.79 Å². The highest BCUT2D eigenvalue weighted by atomic mass is 32.2. The zero-order valence-electron chi connectivity index (χ0n) is 9.92. The minimum atomic E-state index is -0.125. The molecule has 3 nitrogen and oxygen atoms in total. The Hall–Kier alpha value is -1.17. The van der Waals surface area contributed by atoms with E-state index in [9.17, 15) is 4.79 Å². The first-order valence-electron chi connectivity index (χ1n) is 5.54. The lowest BCUT2D eigenvalue weighted by Crippen LogP contribution is -2.30. The van der Waals surface area contributed by atoms with E-state index in [2.05, 4.69) is 0 Å². The van der Waals surface area contributed by atoms with E-state index < -0.39 is 0 Å². The van der Waals surface area contributed by atoms with Crippen molar-refractivity contribution in [3.63, 3.8) is 0 Å². The number of hydrogen-bond donors (Lipinski definition) is 1. The van der Waals surface area contributed by atoms with Gasteiger partial charge in [0.2, 0.25) is 0 Å². The summed E-state index contributed by atoms with van der Waals surface area (Å²) in [5.74, 6) is -0.125. The van der Waals surface area contributed by atoms with E-state index >= 15 is 0 Å². The molecule has 0 spiro atoms. The first-order valence-corrected chi connectivity index (χ1v) is 6.77. The van der Waals surface area contributed by atoms with E-state index in [1.54, 1.807) is 0 Å². The van der Waals surface area contributed by atoms with E-state index in [1.165, 1.54) is 22.2 Å². The van der Waals surface area contributed by atoms with Crippen LogP contribution < -0.4 is 0 Å². The summed E-state index contributed by atoms with van der Waals surface area (Å²) in [7, 11) is 0. The summed E-state index contributed by atoms with van der Waals surface area (Å²) in [5.41, 5.74) is 2.16. The molecule has 1 aliphatic heterocycles. The monoisotopic (exact) mass is 279 g/mol. The molecule has 1 aliphatic rings. The Labute approximate surface area is 115 Å². The topological polar surface area (TPSA) is 40.5 Å². The molecule has 2 rings (SSSR count). The molecule has 0 atom stereocenters. The number of benzene rings is 1. The third kappa shape index (κ3) is 2.80. The number of rotatable bonds is 3. The predicted octanol–water partition coefficient (Wildman–Crippen LogP) is 2.19. The van der Waals surface area contributed by atoms with Crippen molar-refractivity contribution in [2.24, 2.45) is 0 Å². The van der Waals surface area contributed by atoms with E-state index in [1.807, 2.05) is 37.3 Å². The lowest BCUT2D eigenvalue weighted by Gasteiger charge is -2.11. The van der Waals surface area contributed by atoms with Crippen LogP contribution in [-0.4, -0.2) is 33.4 Å². The summed E-state index contributed by atoms with van der Waals surface area (Å²) in [5, 5.41) is 8.89.